The highest BCUT2D eigenvalue weighted by Gasteiger charge is 1.95. The third kappa shape index (κ3) is 29.8. The van der Waals surface area contributed by atoms with Crippen molar-refractivity contribution < 1.29 is 18.9 Å². The summed E-state index contributed by atoms with van der Waals surface area (Å²) in [6.07, 6.45) is 23.1. The molecular formula is C27H56O4. The molecule has 0 spiro atoms. The van der Waals surface area contributed by atoms with Crippen LogP contribution in [0.15, 0.2) is 0 Å². The van der Waals surface area contributed by atoms with Crippen LogP contribution in [0.5, 0.6) is 0 Å². The van der Waals surface area contributed by atoms with Gasteiger partial charge in [-0.05, 0) is 12.8 Å². The van der Waals surface area contributed by atoms with Crippen LogP contribution >= 0.6 is 0 Å². The molecule has 0 aromatic carbocycles. The van der Waals surface area contributed by atoms with Gasteiger partial charge in [-0.1, -0.05) is 110 Å². The normalized spacial score (nSPS) is 11.4. The summed E-state index contributed by atoms with van der Waals surface area (Å²) in [5, 5.41) is 0. The first-order valence-electron chi connectivity index (χ1n) is 13.7. The highest BCUT2D eigenvalue weighted by atomic mass is 16.6. The fraction of sp³-hybridized carbons (Fsp3) is 1.00. The average molecular weight is 445 g/mol. The van der Waals surface area contributed by atoms with E-state index in [-0.39, 0.29) is 0 Å². The summed E-state index contributed by atoms with van der Waals surface area (Å²) >= 11 is 0. The van der Waals surface area contributed by atoms with Gasteiger partial charge >= 0.3 is 0 Å². The van der Waals surface area contributed by atoms with E-state index in [0.29, 0.717) is 39.6 Å². The van der Waals surface area contributed by atoms with Gasteiger partial charge in [0, 0.05) is 13.2 Å². The molecule has 4 heteroatoms. The Labute approximate surface area is 195 Å². The lowest BCUT2D eigenvalue weighted by molar-refractivity contribution is -0.00248. The van der Waals surface area contributed by atoms with Gasteiger partial charge in [-0.2, -0.15) is 0 Å². The van der Waals surface area contributed by atoms with E-state index >= 15 is 0 Å². The number of rotatable bonds is 28. The molecule has 0 aliphatic heterocycles. The van der Waals surface area contributed by atoms with E-state index in [1.54, 1.807) is 0 Å². The molecule has 0 fully saturated rings. The summed E-state index contributed by atoms with van der Waals surface area (Å²) in [6, 6.07) is 0. The summed E-state index contributed by atoms with van der Waals surface area (Å²) < 4.78 is 22.2. The van der Waals surface area contributed by atoms with Gasteiger partial charge in [0.1, 0.15) is 0 Å². The summed E-state index contributed by atoms with van der Waals surface area (Å²) in [7, 11) is 0. The standard InChI is InChI=1S/C27H56O4/c1-3-5-7-9-10-11-12-13-14-15-16-17-19-21-29-23-25-31-27-26-30-24-22-28-20-18-8-6-4-2/h3-27H2,1-2H3. The molecule has 0 heterocycles. The Kier molecular flexibility index (Phi) is 29.7. The monoisotopic (exact) mass is 444 g/mol. The van der Waals surface area contributed by atoms with E-state index in [2.05, 4.69) is 13.8 Å². The third-order valence-electron chi connectivity index (χ3n) is 5.65. The van der Waals surface area contributed by atoms with Crippen LogP contribution in [-0.4, -0.2) is 52.9 Å². The van der Waals surface area contributed by atoms with Gasteiger partial charge in [-0.3, -0.25) is 0 Å². The lowest BCUT2D eigenvalue weighted by atomic mass is 10.0. The zero-order chi connectivity index (χ0) is 22.5. The maximum atomic E-state index is 5.65. The van der Waals surface area contributed by atoms with Crippen molar-refractivity contribution in [3.05, 3.63) is 0 Å². The molecule has 0 radical (unpaired) electrons. The van der Waals surface area contributed by atoms with Crippen molar-refractivity contribution in [3.63, 3.8) is 0 Å². The maximum absolute atomic E-state index is 5.65. The van der Waals surface area contributed by atoms with Crippen molar-refractivity contribution in [3.8, 4) is 0 Å². The smallest absolute Gasteiger partial charge is 0.0701 e. The van der Waals surface area contributed by atoms with Crippen molar-refractivity contribution >= 4 is 0 Å². The second kappa shape index (κ2) is 29.8. The second-order valence-electron chi connectivity index (χ2n) is 8.75. The summed E-state index contributed by atoms with van der Waals surface area (Å²) in [5.41, 5.74) is 0. The van der Waals surface area contributed by atoms with E-state index in [9.17, 15) is 0 Å². The largest absolute Gasteiger partial charge is 0.379 e. The van der Waals surface area contributed by atoms with Gasteiger partial charge < -0.3 is 18.9 Å². The van der Waals surface area contributed by atoms with Crippen LogP contribution in [0.1, 0.15) is 123 Å². The number of ether oxygens (including phenoxy) is 4. The van der Waals surface area contributed by atoms with E-state index in [0.717, 1.165) is 19.6 Å². The molecule has 0 unspecified atom stereocenters. The molecule has 0 aromatic rings. The SMILES string of the molecule is CCCCCCCCCCCCCCCOCCOCCOCCOCCCCCC. The molecular weight excluding hydrogens is 388 g/mol. The molecule has 4 nitrogen and oxygen atoms in total. The highest BCUT2D eigenvalue weighted by Crippen LogP contribution is 2.12. The van der Waals surface area contributed by atoms with E-state index in [1.165, 1.54) is 103 Å². The van der Waals surface area contributed by atoms with Crippen LogP contribution in [0.4, 0.5) is 0 Å². The maximum Gasteiger partial charge on any atom is 0.0701 e. The van der Waals surface area contributed by atoms with Crippen LogP contribution in [0, 0.1) is 0 Å². The highest BCUT2D eigenvalue weighted by molar-refractivity contribution is 4.49. The Morgan fingerprint density at radius 1 is 0.258 bits per heavy atom. The Bertz CT molecular complexity index is 271. The first-order valence-corrected chi connectivity index (χ1v) is 13.7. The second-order valence-corrected chi connectivity index (χ2v) is 8.75. The molecule has 0 saturated carbocycles. The van der Waals surface area contributed by atoms with Crippen molar-refractivity contribution in [1.82, 2.24) is 0 Å². The Balaban J connectivity index is 2.98. The first kappa shape index (κ1) is 30.8. The fourth-order valence-corrected chi connectivity index (χ4v) is 3.61. The molecule has 0 rings (SSSR count). The molecule has 0 amide bonds. The Morgan fingerprint density at radius 3 is 0.806 bits per heavy atom. The van der Waals surface area contributed by atoms with Crippen LogP contribution in [0.3, 0.4) is 0 Å². The third-order valence-corrected chi connectivity index (χ3v) is 5.65. The minimum atomic E-state index is 0.637. The van der Waals surface area contributed by atoms with Crippen molar-refractivity contribution in [2.24, 2.45) is 0 Å². The topological polar surface area (TPSA) is 36.9 Å². The molecule has 0 aromatic heterocycles. The molecule has 0 aliphatic rings. The Hall–Kier alpha value is -0.160. The molecule has 0 bridgehead atoms. The lowest BCUT2D eigenvalue weighted by Gasteiger charge is -2.07. The molecule has 0 saturated heterocycles. The minimum Gasteiger partial charge on any atom is -0.379 e. The van der Waals surface area contributed by atoms with Gasteiger partial charge in [0.15, 0.2) is 0 Å². The quantitative estimate of drug-likeness (QED) is 0.116. The molecule has 188 valence electrons. The summed E-state index contributed by atoms with van der Waals surface area (Å²) in [4.78, 5) is 0. The van der Waals surface area contributed by atoms with Crippen LogP contribution < -0.4 is 0 Å². The van der Waals surface area contributed by atoms with Crippen molar-refractivity contribution in [1.29, 1.82) is 0 Å². The van der Waals surface area contributed by atoms with Gasteiger partial charge in [0.2, 0.25) is 0 Å². The van der Waals surface area contributed by atoms with Crippen molar-refractivity contribution in [2.45, 2.75) is 123 Å². The van der Waals surface area contributed by atoms with Crippen LogP contribution in [0.2, 0.25) is 0 Å². The van der Waals surface area contributed by atoms with E-state index in [1.807, 2.05) is 0 Å². The van der Waals surface area contributed by atoms with Gasteiger partial charge in [-0.15, -0.1) is 0 Å². The van der Waals surface area contributed by atoms with E-state index < -0.39 is 0 Å². The molecule has 0 aliphatic carbocycles. The van der Waals surface area contributed by atoms with Gasteiger partial charge in [0.05, 0.1) is 39.6 Å². The Morgan fingerprint density at radius 2 is 0.484 bits per heavy atom. The fourth-order valence-electron chi connectivity index (χ4n) is 3.61. The zero-order valence-corrected chi connectivity index (χ0v) is 21.3. The number of hydrogen-bond donors (Lipinski definition) is 0. The number of hydrogen-bond acceptors (Lipinski definition) is 4. The lowest BCUT2D eigenvalue weighted by Crippen LogP contribution is -2.12. The average Bonchev–Trinajstić information content (AvgIpc) is 2.78. The van der Waals surface area contributed by atoms with Crippen LogP contribution in [-0.2, 0) is 18.9 Å². The van der Waals surface area contributed by atoms with Gasteiger partial charge in [-0.25, -0.2) is 0 Å². The van der Waals surface area contributed by atoms with Crippen molar-refractivity contribution in [2.75, 3.05) is 52.9 Å². The molecule has 0 N–H and O–H groups in total. The van der Waals surface area contributed by atoms with Gasteiger partial charge in [0.25, 0.3) is 0 Å². The molecule has 31 heavy (non-hydrogen) atoms. The van der Waals surface area contributed by atoms with E-state index in [4.69, 9.17) is 18.9 Å². The number of unbranched alkanes of at least 4 members (excludes halogenated alkanes) is 15. The predicted molar refractivity (Wildman–Crippen MR) is 133 cm³/mol. The predicted octanol–water partition coefficient (Wildman–Crippen LogP) is 7.72. The molecule has 0 atom stereocenters. The summed E-state index contributed by atoms with van der Waals surface area (Å²) in [5.74, 6) is 0. The summed E-state index contributed by atoms with van der Waals surface area (Å²) in [6.45, 7) is 10.2. The minimum absolute atomic E-state index is 0.637. The zero-order valence-electron chi connectivity index (χ0n) is 21.3. The van der Waals surface area contributed by atoms with Crippen LogP contribution in [0.25, 0.3) is 0 Å². The first-order chi connectivity index (χ1) is 15.4.